The Morgan fingerprint density at radius 2 is 2.09 bits per heavy atom. The first kappa shape index (κ1) is 13.8. The Morgan fingerprint density at radius 3 is 2.86 bits per heavy atom. The average molecular weight is 309 g/mol. The van der Waals surface area contributed by atoms with Crippen LogP contribution in [0.25, 0.3) is 0 Å². The van der Waals surface area contributed by atoms with Gasteiger partial charge in [-0.2, -0.15) is 0 Å². The van der Waals surface area contributed by atoms with Crippen LogP contribution in [-0.4, -0.2) is 26.8 Å². The van der Waals surface area contributed by atoms with Crippen molar-refractivity contribution in [1.29, 1.82) is 0 Å². The first-order chi connectivity index (χ1) is 10.7. The van der Waals surface area contributed by atoms with Crippen LogP contribution in [0.4, 0.5) is 0 Å². The van der Waals surface area contributed by atoms with Crippen LogP contribution in [0.3, 0.4) is 0 Å². The number of benzene rings is 1. The zero-order valence-electron chi connectivity index (χ0n) is 12.8. The van der Waals surface area contributed by atoms with E-state index in [0.717, 1.165) is 12.2 Å². The number of hydrogen-bond donors (Lipinski definition) is 0. The van der Waals surface area contributed by atoms with E-state index in [1.807, 2.05) is 24.0 Å². The Kier molecular flexibility index (Phi) is 3.41. The van der Waals surface area contributed by atoms with Gasteiger partial charge in [-0.15, -0.1) is 0 Å². The highest BCUT2D eigenvalue weighted by molar-refractivity contribution is 8.14. The van der Waals surface area contributed by atoms with Crippen molar-refractivity contribution >= 4 is 16.9 Å². The van der Waals surface area contributed by atoms with Gasteiger partial charge in [-0.25, -0.2) is 0 Å². The molecular weight excluding hydrogens is 290 g/mol. The van der Waals surface area contributed by atoms with E-state index < -0.39 is 0 Å². The molecule has 0 radical (unpaired) electrons. The number of rotatable bonds is 2. The Labute approximate surface area is 135 Å². The van der Waals surface area contributed by atoms with Gasteiger partial charge >= 0.3 is 0 Å². The average Bonchev–Trinajstić information content (AvgIpc) is 3.04. The molecular formula is C18H19N3S. The van der Waals surface area contributed by atoms with E-state index in [4.69, 9.17) is 4.99 Å². The molecule has 0 amide bonds. The van der Waals surface area contributed by atoms with Gasteiger partial charge in [-0.1, -0.05) is 54.6 Å². The second kappa shape index (κ2) is 5.43. The number of amidine groups is 1. The molecule has 1 fully saturated rings. The van der Waals surface area contributed by atoms with Gasteiger partial charge < -0.3 is 4.90 Å². The Morgan fingerprint density at radius 1 is 1.18 bits per heavy atom. The zero-order chi connectivity index (χ0) is 15.1. The third-order valence-corrected chi connectivity index (χ3v) is 5.37. The molecule has 22 heavy (non-hydrogen) atoms. The highest BCUT2D eigenvalue weighted by atomic mass is 32.2. The third kappa shape index (κ3) is 2.31. The molecule has 2 aliphatic heterocycles. The van der Waals surface area contributed by atoms with Crippen LogP contribution >= 0.6 is 11.8 Å². The van der Waals surface area contributed by atoms with Crippen molar-refractivity contribution in [2.24, 2.45) is 4.99 Å². The summed E-state index contributed by atoms with van der Waals surface area (Å²) in [5.41, 5.74) is 3.69. The lowest BCUT2D eigenvalue weighted by Crippen LogP contribution is -2.28. The van der Waals surface area contributed by atoms with Gasteiger partial charge in [0.1, 0.15) is 6.04 Å². The van der Waals surface area contributed by atoms with Crippen LogP contribution in [0.15, 0.2) is 53.7 Å². The first-order valence-corrected chi connectivity index (χ1v) is 8.59. The second-order valence-corrected chi connectivity index (χ2v) is 7.46. The second-order valence-electron chi connectivity index (χ2n) is 6.05. The molecule has 0 aliphatic carbocycles. The minimum Gasteiger partial charge on any atom is -0.341 e. The highest BCUT2D eigenvalue weighted by Crippen LogP contribution is 2.47. The lowest BCUT2D eigenvalue weighted by atomic mass is 9.95. The fraction of sp³-hybridized carbons (Fsp3) is 0.333. The van der Waals surface area contributed by atoms with Gasteiger partial charge in [-0.05, 0) is 24.6 Å². The molecule has 0 spiro atoms. The number of hydrogen-bond acceptors (Lipinski definition) is 4. The van der Waals surface area contributed by atoms with Crippen molar-refractivity contribution in [2.45, 2.75) is 31.2 Å². The van der Waals surface area contributed by atoms with E-state index in [0.29, 0.717) is 5.25 Å². The molecule has 4 rings (SSSR count). The maximum absolute atomic E-state index is 5.00. The van der Waals surface area contributed by atoms with Crippen molar-refractivity contribution < 1.29 is 0 Å². The predicted molar refractivity (Wildman–Crippen MR) is 92.1 cm³/mol. The monoisotopic (exact) mass is 309 g/mol. The van der Waals surface area contributed by atoms with E-state index in [1.54, 1.807) is 0 Å². The summed E-state index contributed by atoms with van der Waals surface area (Å²) in [7, 11) is 0. The number of nitrogens with zero attached hydrogens (tertiary/aromatic N) is 3. The lowest BCUT2D eigenvalue weighted by Gasteiger charge is -2.27. The molecule has 0 bridgehead atoms. The lowest BCUT2D eigenvalue weighted by molar-refractivity contribution is 0.321. The Hall–Kier alpha value is -1.81. The largest absolute Gasteiger partial charge is 0.341 e. The number of aliphatic imine (C=N–C) groups is 1. The predicted octanol–water partition coefficient (Wildman–Crippen LogP) is 3.98. The van der Waals surface area contributed by atoms with Gasteiger partial charge in [0.2, 0.25) is 0 Å². The van der Waals surface area contributed by atoms with Gasteiger partial charge in [0, 0.05) is 18.0 Å². The summed E-state index contributed by atoms with van der Waals surface area (Å²) in [5, 5.41) is 1.78. The molecule has 1 saturated heterocycles. The van der Waals surface area contributed by atoms with E-state index in [-0.39, 0.29) is 12.1 Å². The van der Waals surface area contributed by atoms with Crippen molar-refractivity contribution in [3.63, 3.8) is 0 Å². The van der Waals surface area contributed by atoms with Gasteiger partial charge in [0.25, 0.3) is 0 Å². The molecule has 1 aromatic carbocycles. The van der Waals surface area contributed by atoms with Crippen molar-refractivity contribution in [2.75, 3.05) is 6.54 Å². The fourth-order valence-corrected chi connectivity index (χ4v) is 4.43. The third-order valence-electron chi connectivity index (χ3n) is 4.26. The van der Waals surface area contributed by atoms with Crippen LogP contribution in [0, 0.1) is 6.92 Å². The van der Waals surface area contributed by atoms with Crippen molar-refractivity contribution in [1.82, 2.24) is 9.88 Å². The SMILES string of the molecule is Cc1cccc([C@H]2[C@H](c3ccccn3)N=C3S[C@@H](C)CN32)c1. The standard InChI is InChI=1S/C18H19N3S/c1-12-6-5-7-14(10-12)17-16(15-8-3-4-9-19-15)20-18-21(17)11-13(2)22-18/h3-10,13,16-17H,11H2,1-2H3/t13-,16-,17-/m0/s1. The molecule has 3 heterocycles. The number of pyridine rings is 1. The molecule has 2 aliphatic rings. The minimum absolute atomic E-state index is 0.0954. The van der Waals surface area contributed by atoms with Crippen molar-refractivity contribution in [3.05, 3.63) is 65.5 Å². The maximum atomic E-state index is 5.00. The van der Waals surface area contributed by atoms with E-state index in [1.165, 1.54) is 16.3 Å². The zero-order valence-corrected chi connectivity index (χ0v) is 13.6. The van der Waals surface area contributed by atoms with Gasteiger partial charge in [0.05, 0.1) is 11.7 Å². The van der Waals surface area contributed by atoms with Crippen LogP contribution in [0.2, 0.25) is 0 Å². The molecule has 2 aromatic rings. The molecule has 0 N–H and O–H groups in total. The molecule has 3 nitrogen and oxygen atoms in total. The summed E-state index contributed by atoms with van der Waals surface area (Å²) in [6.45, 7) is 5.48. The molecule has 1 aromatic heterocycles. The number of aryl methyl sites for hydroxylation is 1. The number of aromatic nitrogens is 1. The van der Waals surface area contributed by atoms with Crippen LogP contribution < -0.4 is 0 Å². The molecule has 112 valence electrons. The van der Waals surface area contributed by atoms with Crippen molar-refractivity contribution in [3.8, 4) is 0 Å². The summed E-state index contributed by atoms with van der Waals surface area (Å²) >= 11 is 1.89. The Bertz CT molecular complexity index is 713. The molecule has 0 saturated carbocycles. The summed E-state index contributed by atoms with van der Waals surface area (Å²) in [5.74, 6) is 0. The smallest absolute Gasteiger partial charge is 0.160 e. The number of fused-ring (bicyclic) bond motifs is 1. The quantitative estimate of drug-likeness (QED) is 0.840. The number of thioether (sulfide) groups is 1. The Balaban J connectivity index is 1.78. The minimum atomic E-state index is 0.0954. The van der Waals surface area contributed by atoms with Gasteiger partial charge in [0.15, 0.2) is 5.17 Å². The molecule has 4 heteroatoms. The molecule has 0 unspecified atom stereocenters. The summed E-state index contributed by atoms with van der Waals surface area (Å²) in [6, 6.07) is 15.3. The van der Waals surface area contributed by atoms with Crippen LogP contribution in [0.1, 0.15) is 35.8 Å². The van der Waals surface area contributed by atoms with E-state index >= 15 is 0 Å². The maximum Gasteiger partial charge on any atom is 0.160 e. The van der Waals surface area contributed by atoms with Crippen LogP contribution in [0.5, 0.6) is 0 Å². The summed E-state index contributed by atoms with van der Waals surface area (Å²) < 4.78 is 0. The highest BCUT2D eigenvalue weighted by Gasteiger charge is 2.43. The normalized spacial score (nSPS) is 26.9. The summed E-state index contributed by atoms with van der Waals surface area (Å²) in [6.07, 6.45) is 1.86. The molecule has 3 atom stereocenters. The van der Waals surface area contributed by atoms with E-state index in [2.05, 4.69) is 60.1 Å². The topological polar surface area (TPSA) is 28.5 Å². The first-order valence-electron chi connectivity index (χ1n) is 7.71. The van der Waals surface area contributed by atoms with Gasteiger partial charge in [-0.3, -0.25) is 9.98 Å². The van der Waals surface area contributed by atoms with E-state index in [9.17, 15) is 0 Å². The summed E-state index contributed by atoms with van der Waals surface area (Å²) in [4.78, 5) is 12.0. The van der Waals surface area contributed by atoms with Crippen LogP contribution in [-0.2, 0) is 0 Å². The fourth-order valence-electron chi connectivity index (χ4n) is 3.33.